The normalized spacial score (nSPS) is 26.6. The highest BCUT2D eigenvalue weighted by atomic mass is 16.3. The number of aliphatic hydroxyl groups is 3. The molecular weight excluding hydrogens is 500 g/mol. The summed E-state index contributed by atoms with van der Waals surface area (Å²) in [5.41, 5.74) is 5.10. The van der Waals surface area contributed by atoms with Crippen molar-refractivity contribution in [2.75, 3.05) is 14.1 Å². The lowest BCUT2D eigenvalue weighted by molar-refractivity contribution is -0.148. The van der Waals surface area contributed by atoms with E-state index in [0.29, 0.717) is 5.56 Å². The molecule has 39 heavy (non-hydrogen) atoms. The molecule has 204 valence electrons. The zero-order valence-corrected chi connectivity index (χ0v) is 22.2. The molecule has 2 aromatic rings. The maximum absolute atomic E-state index is 13.9. The summed E-state index contributed by atoms with van der Waals surface area (Å²) in [7, 11) is 3.20. The number of carbonyl (C=O) groups is 3. The number of nitrogens with two attached hydrogens (primary N) is 1. The topological polar surface area (TPSA) is 161 Å². The molecule has 3 aliphatic carbocycles. The van der Waals surface area contributed by atoms with Gasteiger partial charge in [0.05, 0.1) is 11.6 Å². The first-order valence-electron chi connectivity index (χ1n) is 12.9. The summed E-state index contributed by atoms with van der Waals surface area (Å²) in [6.07, 6.45) is 0.289. The lowest BCUT2D eigenvalue weighted by Crippen LogP contribution is -2.63. The molecule has 0 aliphatic heterocycles. The van der Waals surface area contributed by atoms with Crippen LogP contribution in [-0.4, -0.2) is 68.5 Å². The molecule has 3 aliphatic rings. The van der Waals surface area contributed by atoms with E-state index >= 15 is 0 Å². The minimum absolute atomic E-state index is 0.00299. The van der Waals surface area contributed by atoms with Gasteiger partial charge < -0.3 is 26.2 Å². The van der Waals surface area contributed by atoms with Crippen LogP contribution in [0.4, 0.5) is 0 Å². The Hall–Kier alpha value is -3.95. The Labute approximate surface area is 225 Å². The highest BCUT2D eigenvalue weighted by Gasteiger charge is 2.63. The molecule has 0 unspecified atom stereocenters. The fourth-order valence-corrected chi connectivity index (χ4v) is 6.59. The van der Waals surface area contributed by atoms with Gasteiger partial charge in [0.15, 0.2) is 11.4 Å². The van der Waals surface area contributed by atoms with Crippen molar-refractivity contribution in [3.8, 4) is 16.9 Å². The fourth-order valence-electron chi connectivity index (χ4n) is 6.59. The van der Waals surface area contributed by atoms with E-state index in [2.05, 4.69) is 13.8 Å². The van der Waals surface area contributed by atoms with Crippen LogP contribution in [-0.2, 0) is 16.0 Å². The van der Waals surface area contributed by atoms with Crippen molar-refractivity contribution in [2.45, 2.75) is 44.2 Å². The molecule has 0 fully saturated rings. The Bertz CT molecular complexity index is 1500. The maximum Gasteiger partial charge on any atom is 0.255 e. The van der Waals surface area contributed by atoms with Crippen LogP contribution in [0.25, 0.3) is 11.1 Å². The van der Waals surface area contributed by atoms with Gasteiger partial charge in [-0.25, -0.2) is 0 Å². The number of primary amides is 1. The smallest absolute Gasteiger partial charge is 0.255 e. The van der Waals surface area contributed by atoms with Gasteiger partial charge in [0.25, 0.3) is 5.91 Å². The molecule has 0 radical (unpaired) electrons. The fraction of sp³-hybridized carbons (Fsp3) is 0.367. The van der Waals surface area contributed by atoms with Crippen molar-refractivity contribution < 1.29 is 34.8 Å². The van der Waals surface area contributed by atoms with E-state index in [0.717, 1.165) is 16.7 Å². The monoisotopic (exact) mass is 532 g/mol. The SMILES string of the molecule is CC(C)c1cccc(-c2ccc(O)c3c2C[C@@H]2C[C@@H]4[C@@H](N(C)C)C(O)=C(C(N)=O)C(=O)[C@]4(O)C(O)=C2C3=O)c1. The van der Waals surface area contributed by atoms with E-state index in [4.69, 9.17) is 5.73 Å². The van der Waals surface area contributed by atoms with E-state index in [1.54, 1.807) is 20.2 Å². The summed E-state index contributed by atoms with van der Waals surface area (Å²) >= 11 is 0. The van der Waals surface area contributed by atoms with Crippen LogP contribution in [0.2, 0.25) is 0 Å². The minimum atomic E-state index is -2.65. The maximum atomic E-state index is 13.9. The molecule has 6 N–H and O–H groups in total. The number of Topliss-reactive ketones (excluding diaryl/α,β-unsaturated/α-hetero) is 2. The van der Waals surface area contributed by atoms with Crippen molar-refractivity contribution >= 4 is 17.5 Å². The number of rotatable bonds is 4. The lowest BCUT2D eigenvalue weighted by atomic mass is 9.58. The second kappa shape index (κ2) is 9.07. The highest BCUT2D eigenvalue weighted by molar-refractivity contribution is 6.24. The van der Waals surface area contributed by atoms with Gasteiger partial charge in [0.1, 0.15) is 22.8 Å². The van der Waals surface area contributed by atoms with Crippen molar-refractivity contribution in [2.24, 2.45) is 17.6 Å². The summed E-state index contributed by atoms with van der Waals surface area (Å²) in [4.78, 5) is 40.9. The lowest BCUT2D eigenvalue weighted by Gasteiger charge is -2.50. The first kappa shape index (κ1) is 26.6. The summed E-state index contributed by atoms with van der Waals surface area (Å²) in [6, 6.07) is 10.1. The van der Waals surface area contributed by atoms with E-state index in [1.165, 1.54) is 11.0 Å². The third-order valence-electron chi connectivity index (χ3n) is 8.47. The zero-order valence-electron chi connectivity index (χ0n) is 22.2. The molecule has 9 heteroatoms. The van der Waals surface area contributed by atoms with Crippen LogP contribution < -0.4 is 5.73 Å². The Morgan fingerprint density at radius 2 is 1.79 bits per heavy atom. The van der Waals surface area contributed by atoms with E-state index in [9.17, 15) is 34.8 Å². The number of fused-ring (bicyclic) bond motifs is 3. The van der Waals surface area contributed by atoms with Crippen LogP contribution >= 0.6 is 0 Å². The summed E-state index contributed by atoms with van der Waals surface area (Å²) in [6.45, 7) is 4.16. The number of hydrogen-bond acceptors (Lipinski definition) is 8. The summed E-state index contributed by atoms with van der Waals surface area (Å²) in [5.74, 6) is -6.33. The third-order valence-corrected chi connectivity index (χ3v) is 8.47. The quantitative estimate of drug-likeness (QED) is 0.376. The Morgan fingerprint density at radius 1 is 1.10 bits per heavy atom. The first-order valence-corrected chi connectivity index (χ1v) is 12.9. The van der Waals surface area contributed by atoms with Gasteiger partial charge in [-0.15, -0.1) is 0 Å². The molecule has 0 saturated heterocycles. The summed E-state index contributed by atoms with van der Waals surface area (Å²) < 4.78 is 0. The number of aliphatic hydroxyl groups excluding tert-OH is 2. The van der Waals surface area contributed by atoms with E-state index < -0.39 is 58.0 Å². The van der Waals surface area contributed by atoms with Crippen molar-refractivity contribution in [3.05, 3.63) is 75.8 Å². The molecule has 2 aromatic carbocycles. The number of amides is 1. The van der Waals surface area contributed by atoms with Gasteiger partial charge >= 0.3 is 0 Å². The van der Waals surface area contributed by atoms with Gasteiger partial charge in [0, 0.05) is 11.5 Å². The second-order valence-electron chi connectivity index (χ2n) is 11.2. The number of phenols is 1. The molecule has 4 atom stereocenters. The number of nitrogens with zero attached hydrogens (tertiary/aromatic N) is 1. The van der Waals surface area contributed by atoms with Crippen LogP contribution in [0.1, 0.15) is 47.7 Å². The number of likely N-dealkylation sites (N-methyl/N-ethyl adjacent to an activating group) is 1. The number of phenolic OH excluding ortho intramolecular Hbond substituents is 1. The Kier molecular flexibility index (Phi) is 6.19. The molecule has 0 spiro atoms. The van der Waals surface area contributed by atoms with Crippen molar-refractivity contribution in [1.82, 2.24) is 4.90 Å². The van der Waals surface area contributed by atoms with Crippen LogP contribution in [0.15, 0.2) is 59.1 Å². The van der Waals surface area contributed by atoms with Crippen molar-refractivity contribution in [1.29, 1.82) is 0 Å². The number of benzene rings is 2. The third kappa shape index (κ3) is 3.71. The number of aromatic hydroxyl groups is 1. The average molecular weight is 533 g/mol. The predicted molar refractivity (Wildman–Crippen MR) is 143 cm³/mol. The van der Waals surface area contributed by atoms with Gasteiger partial charge in [-0.1, -0.05) is 44.2 Å². The molecule has 0 aromatic heterocycles. The Balaban J connectivity index is 1.71. The van der Waals surface area contributed by atoms with E-state index in [-0.39, 0.29) is 35.6 Å². The highest BCUT2D eigenvalue weighted by Crippen LogP contribution is 2.53. The standard InChI is InChI=1S/C30H32N2O7/c1-13(2)14-6-5-7-15(10-14)17-8-9-20(33)22-18(17)11-16-12-19-24(32(3)4)26(35)23(29(31)38)28(37)30(19,39)27(36)21(16)25(22)34/h5-10,13,16,19,24,33,35-36,39H,11-12H2,1-4H3,(H2,31,38)/t16-,19-,24-,30-/m1/s1. The van der Waals surface area contributed by atoms with Gasteiger partial charge in [-0.3, -0.25) is 19.3 Å². The van der Waals surface area contributed by atoms with E-state index in [1.807, 2.05) is 24.3 Å². The molecule has 0 heterocycles. The Morgan fingerprint density at radius 3 is 2.41 bits per heavy atom. The second-order valence-corrected chi connectivity index (χ2v) is 11.2. The number of allylic oxidation sites excluding steroid dienone is 1. The molecular formula is C30H32N2O7. The van der Waals surface area contributed by atoms with Gasteiger partial charge in [-0.2, -0.15) is 0 Å². The van der Waals surface area contributed by atoms with Crippen LogP contribution in [0, 0.1) is 11.8 Å². The summed E-state index contributed by atoms with van der Waals surface area (Å²) in [5, 5.41) is 44.8. The minimum Gasteiger partial charge on any atom is -0.510 e. The number of ketones is 2. The predicted octanol–water partition coefficient (Wildman–Crippen LogP) is 2.91. The van der Waals surface area contributed by atoms with Crippen LogP contribution in [0.5, 0.6) is 5.75 Å². The molecule has 0 saturated carbocycles. The number of carbonyl (C=O) groups excluding carboxylic acids is 3. The average Bonchev–Trinajstić information content (AvgIpc) is 2.86. The number of hydrogen-bond donors (Lipinski definition) is 5. The van der Waals surface area contributed by atoms with Crippen molar-refractivity contribution in [3.63, 3.8) is 0 Å². The molecule has 9 nitrogen and oxygen atoms in total. The largest absolute Gasteiger partial charge is 0.510 e. The van der Waals surface area contributed by atoms with Gasteiger partial charge in [0.2, 0.25) is 5.78 Å². The van der Waals surface area contributed by atoms with Crippen LogP contribution in [0.3, 0.4) is 0 Å². The molecule has 5 rings (SSSR count). The molecule has 0 bridgehead atoms. The molecule has 1 amide bonds. The zero-order chi connectivity index (χ0) is 28.5. The van der Waals surface area contributed by atoms with Gasteiger partial charge in [-0.05, 0) is 67.1 Å². The first-order chi connectivity index (χ1) is 18.3.